The van der Waals surface area contributed by atoms with Gasteiger partial charge in [-0.1, -0.05) is 159 Å². The van der Waals surface area contributed by atoms with Gasteiger partial charge in [0.25, 0.3) is 0 Å². The molecule has 2 nitrogen and oxygen atoms in total. The normalized spacial score (nSPS) is 17.1. The van der Waals surface area contributed by atoms with E-state index in [9.17, 15) is 0 Å². The van der Waals surface area contributed by atoms with Gasteiger partial charge in [0.1, 0.15) is 0 Å². The number of nitrogens with zero attached hydrogens (tertiary/aromatic N) is 2. The maximum atomic E-state index is 2.59. The fraction of sp³-hybridized carbons (Fsp3) is 0.241. The Morgan fingerprint density at radius 3 is 1.55 bits per heavy atom. The van der Waals surface area contributed by atoms with Crippen LogP contribution in [0.5, 0.6) is 0 Å². The van der Waals surface area contributed by atoms with Crippen LogP contribution in [0.2, 0.25) is 0 Å². The van der Waals surface area contributed by atoms with Crippen molar-refractivity contribution in [1.29, 1.82) is 0 Å². The molecule has 0 N–H and O–H groups in total. The summed E-state index contributed by atoms with van der Waals surface area (Å²) in [7, 11) is 0. The first kappa shape index (κ1) is 38.1. The maximum Gasteiger partial charge on any atom is 0.0541 e. The second-order valence-electron chi connectivity index (χ2n) is 19.8. The van der Waals surface area contributed by atoms with Crippen molar-refractivity contribution in [3.8, 4) is 33.6 Å². The van der Waals surface area contributed by atoms with Gasteiger partial charge in [0.15, 0.2) is 0 Å². The van der Waals surface area contributed by atoms with Crippen LogP contribution in [0.25, 0.3) is 66.3 Å². The van der Waals surface area contributed by atoms with Gasteiger partial charge < -0.3 is 9.13 Å². The van der Waals surface area contributed by atoms with E-state index in [2.05, 4.69) is 228 Å². The molecule has 7 aromatic carbocycles. The Labute approximate surface area is 356 Å². The molecule has 0 aliphatic heterocycles. The monoisotopic (exact) mass is 780 g/mol. The predicted molar refractivity (Wildman–Crippen MR) is 256 cm³/mol. The molecule has 2 atom stereocenters. The zero-order valence-electron chi connectivity index (χ0n) is 36.5. The van der Waals surface area contributed by atoms with Crippen molar-refractivity contribution in [2.75, 3.05) is 0 Å². The third-order valence-corrected chi connectivity index (χ3v) is 13.9. The number of fused-ring (bicyclic) bond motifs is 6. The minimum Gasteiger partial charge on any atom is -0.313 e. The van der Waals surface area contributed by atoms with Crippen LogP contribution >= 0.6 is 0 Å². The molecule has 9 aromatic rings. The second kappa shape index (κ2) is 14.0. The minimum absolute atomic E-state index is 0.0450. The Bertz CT molecular complexity index is 3070. The lowest BCUT2D eigenvalue weighted by atomic mass is 9.64. The molecule has 60 heavy (non-hydrogen) atoms. The van der Waals surface area contributed by atoms with Crippen LogP contribution in [0.4, 0.5) is 0 Å². The highest BCUT2D eigenvalue weighted by molar-refractivity contribution is 6.11. The molecule has 2 heterocycles. The Morgan fingerprint density at radius 2 is 0.950 bits per heavy atom. The zero-order valence-corrected chi connectivity index (χ0v) is 36.5. The average molecular weight is 781 g/mol. The average Bonchev–Trinajstić information content (AvgIpc) is 3.74. The molecular formula is C58H56N2. The number of benzene rings is 7. The van der Waals surface area contributed by atoms with Crippen molar-refractivity contribution < 1.29 is 0 Å². The van der Waals surface area contributed by atoms with Gasteiger partial charge in [-0.3, -0.25) is 0 Å². The van der Waals surface area contributed by atoms with E-state index in [4.69, 9.17) is 0 Å². The first-order valence-electron chi connectivity index (χ1n) is 21.9. The van der Waals surface area contributed by atoms with Crippen LogP contribution in [0, 0.1) is 5.92 Å². The summed E-state index contributed by atoms with van der Waals surface area (Å²) >= 11 is 0. The predicted octanol–water partition coefficient (Wildman–Crippen LogP) is 15.3. The van der Waals surface area contributed by atoms with Crippen LogP contribution < -0.4 is 0 Å². The molecular weight excluding hydrogens is 725 g/mol. The van der Waals surface area contributed by atoms with Crippen molar-refractivity contribution in [1.82, 2.24) is 9.13 Å². The fourth-order valence-electron chi connectivity index (χ4n) is 10.1. The molecule has 2 heteroatoms. The number of hydrogen-bond donors (Lipinski definition) is 0. The van der Waals surface area contributed by atoms with E-state index in [0.717, 1.165) is 12.8 Å². The smallest absolute Gasteiger partial charge is 0.0541 e. The Kier molecular flexibility index (Phi) is 8.88. The zero-order chi connectivity index (χ0) is 41.6. The van der Waals surface area contributed by atoms with Crippen LogP contribution in [0.3, 0.4) is 0 Å². The van der Waals surface area contributed by atoms with Gasteiger partial charge in [0.2, 0.25) is 0 Å². The highest BCUT2D eigenvalue weighted by atomic mass is 15.0. The molecule has 10 rings (SSSR count). The number of hydrogen-bond acceptors (Lipinski definition) is 0. The summed E-state index contributed by atoms with van der Waals surface area (Å²) in [5.41, 5.74) is 18.3. The Morgan fingerprint density at radius 1 is 0.467 bits per heavy atom. The molecule has 2 unspecified atom stereocenters. The van der Waals surface area contributed by atoms with Crippen molar-refractivity contribution in [2.24, 2.45) is 5.92 Å². The van der Waals surface area contributed by atoms with Gasteiger partial charge >= 0.3 is 0 Å². The Balaban J connectivity index is 1.11. The Hall–Kier alpha value is -6.12. The molecule has 1 aliphatic rings. The molecule has 298 valence electrons. The largest absolute Gasteiger partial charge is 0.313 e. The third-order valence-electron chi connectivity index (χ3n) is 13.9. The summed E-state index contributed by atoms with van der Waals surface area (Å²) in [6.45, 7) is 18.8. The molecule has 0 bridgehead atoms. The first-order valence-corrected chi connectivity index (χ1v) is 21.9. The van der Waals surface area contributed by atoms with Gasteiger partial charge in [0.05, 0.1) is 16.6 Å². The van der Waals surface area contributed by atoms with E-state index in [1.807, 2.05) is 0 Å². The van der Waals surface area contributed by atoms with Crippen LogP contribution in [0.1, 0.15) is 83.3 Å². The third kappa shape index (κ3) is 6.31. The van der Waals surface area contributed by atoms with E-state index in [1.54, 1.807) is 0 Å². The second-order valence-corrected chi connectivity index (χ2v) is 19.8. The lowest BCUT2D eigenvalue weighted by Crippen LogP contribution is -2.38. The summed E-state index contributed by atoms with van der Waals surface area (Å²) in [5.74, 6) is 0.479. The minimum atomic E-state index is 0.0450. The summed E-state index contributed by atoms with van der Waals surface area (Å²) in [6, 6.07) is 61.7. The van der Waals surface area contributed by atoms with Crippen molar-refractivity contribution >= 4 is 32.7 Å². The van der Waals surface area contributed by atoms with Gasteiger partial charge in [-0.05, 0) is 140 Å². The van der Waals surface area contributed by atoms with Gasteiger partial charge in [0, 0.05) is 33.2 Å². The quantitative estimate of drug-likeness (QED) is 0.165. The van der Waals surface area contributed by atoms with Crippen LogP contribution in [-0.2, 0) is 29.1 Å². The molecule has 0 amide bonds. The van der Waals surface area contributed by atoms with Crippen molar-refractivity contribution in [3.05, 3.63) is 192 Å². The van der Waals surface area contributed by atoms with Gasteiger partial charge in [-0.2, -0.15) is 0 Å². The van der Waals surface area contributed by atoms with Crippen molar-refractivity contribution in [2.45, 2.75) is 84.5 Å². The van der Waals surface area contributed by atoms with E-state index < -0.39 is 0 Å². The summed E-state index contributed by atoms with van der Waals surface area (Å²) in [4.78, 5) is 0. The number of aromatic nitrogens is 2. The van der Waals surface area contributed by atoms with E-state index in [1.165, 1.54) is 94.3 Å². The summed E-state index contributed by atoms with van der Waals surface area (Å²) in [5, 5.41) is 3.97. The topological polar surface area (TPSA) is 9.86 Å². The van der Waals surface area contributed by atoms with Gasteiger partial charge in [-0.15, -0.1) is 0 Å². The lowest BCUT2D eigenvalue weighted by Gasteiger charge is -2.41. The first-order chi connectivity index (χ1) is 28.8. The molecule has 1 aliphatic carbocycles. The molecule has 0 spiro atoms. The van der Waals surface area contributed by atoms with Crippen molar-refractivity contribution in [3.63, 3.8) is 0 Å². The fourth-order valence-corrected chi connectivity index (χ4v) is 10.1. The molecule has 0 saturated heterocycles. The molecule has 0 fully saturated rings. The molecule has 0 radical (unpaired) electrons. The highest BCUT2D eigenvalue weighted by Gasteiger charge is 2.40. The standard InChI is InChI=1S/C58H56N2/c1-38-31-55-51(37-58(38,8)43-21-13-10-14-22-43)50-36-45(57(5,6)7)27-30-54(50)60(55)47-24-16-20-41(33-47)40-19-15-23-46(32-40)59-52-28-25-42(39-17-11-9-12-18-39)34-48(52)49-35-44(56(2,3)4)26-29-53(49)59/h9-30,32-36,38H,31,37H2,1-8H3. The summed E-state index contributed by atoms with van der Waals surface area (Å²) in [6.07, 6.45) is 2.05. The lowest BCUT2D eigenvalue weighted by molar-refractivity contribution is 0.288. The molecule has 2 aromatic heterocycles. The highest BCUT2D eigenvalue weighted by Crippen LogP contribution is 2.47. The van der Waals surface area contributed by atoms with E-state index in [0.29, 0.717) is 5.92 Å². The van der Waals surface area contributed by atoms with Gasteiger partial charge in [-0.25, -0.2) is 0 Å². The molecule has 0 saturated carbocycles. The number of rotatable bonds is 5. The van der Waals surface area contributed by atoms with Crippen LogP contribution in [0.15, 0.2) is 164 Å². The van der Waals surface area contributed by atoms with Crippen LogP contribution in [-0.4, -0.2) is 9.13 Å². The summed E-state index contributed by atoms with van der Waals surface area (Å²) < 4.78 is 5.06. The SMILES string of the molecule is CC1Cc2c(c3cc(C(C)(C)C)ccc3n2-c2cccc(-c3cccc(-n4c5ccc(-c6ccccc6)cc5c5cc(C(C)(C)C)ccc54)c3)c2)CC1(C)c1ccccc1. The van der Waals surface area contributed by atoms with E-state index >= 15 is 0 Å². The van der Waals surface area contributed by atoms with E-state index in [-0.39, 0.29) is 16.2 Å². The maximum absolute atomic E-state index is 2.59.